The van der Waals surface area contributed by atoms with Crippen LogP contribution in [0.2, 0.25) is 0 Å². The zero-order valence-corrected chi connectivity index (χ0v) is 16.7. The summed E-state index contributed by atoms with van der Waals surface area (Å²) in [5.41, 5.74) is 5.70. The highest BCUT2D eigenvalue weighted by Crippen LogP contribution is 2.25. The van der Waals surface area contributed by atoms with Crippen molar-refractivity contribution in [2.45, 2.75) is 41.2 Å². The monoisotopic (exact) mass is 365 g/mol. The summed E-state index contributed by atoms with van der Waals surface area (Å²) < 4.78 is 5.56. The Kier molecular flexibility index (Phi) is 5.61. The van der Waals surface area contributed by atoms with Crippen LogP contribution in [0, 0.1) is 20.8 Å². The normalized spacial score (nSPS) is 11.3. The van der Waals surface area contributed by atoms with Crippen molar-refractivity contribution in [3.63, 3.8) is 0 Å². The van der Waals surface area contributed by atoms with E-state index in [4.69, 9.17) is 4.42 Å². The maximum atomic E-state index is 12.8. The molecule has 3 aromatic rings. The number of amides is 1. The van der Waals surface area contributed by atoms with Gasteiger partial charge in [-0.15, -0.1) is 0 Å². The molecule has 3 rings (SSSR count). The summed E-state index contributed by atoms with van der Waals surface area (Å²) in [7, 11) is 0. The Labute approximate surface area is 160 Å². The number of rotatable bonds is 6. The van der Waals surface area contributed by atoms with E-state index >= 15 is 0 Å². The van der Waals surface area contributed by atoms with Crippen molar-refractivity contribution in [2.24, 2.45) is 0 Å². The summed E-state index contributed by atoms with van der Waals surface area (Å²) in [4.78, 5) is 19.6. The predicted octanol–water partition coefficient (Wildman–Crippen LogP) is 4.85. The Morgan fingerprint density at radius 2 is 1.85 bits per heavy atom. The van der Waals surface area contributed by atoms with Crippen molar-refractivity contribution >= 4 is 22.5 Å². The maximum Gasteiger partial charge on any atom is 0.259 e. The summed E-state index contributed by atoms with van der Waals surface area (Å²) in [5, 5.41) is 4.06. The summed E-state index contributed by atoms with van der Waals surface area (Å²) >= 11 is 0. The summed E-state index contributed by atoms with van der Waals surface area (Å²) in [5.74, 6) is 0.543. The molecule has 5 nitrogen and oxygen atoms in total. The third-order valence-corrected chi connectivity index (χ3v) is 5.30. The Morgan fingerprint density at radius 3 is 2.56 bits per heavy atom. The number of fused-ring (bicyclic) bond motifs is 1. The summed E-state index contributed by atoms with van der Waals surface area (Å²) in [6.45, 7) is 12.8. The molecule has 0 atom stereocenters. The van der Waals surface area contributed by atoms with E-state index in [-0.39, 0.29) is 5.91 Å². The third-order valence-electron chi connectivity index (χ3n) is 5.30. The molecular weight excluding hydrogens is 338 g/mol. The number of nitrogens with zero attached hydrogens (tertiary/aromatic N) is 2. The lowest BCUT2D eigenvalue weighted by molar-refractivity contribution is 0.102. The molecule has 0 radical (unpaired) electrons. The quantitative estimate of drug-likeness (QED) is 0.678. The van der Waals surface area contributed by atoms with Crippen LogP contribution >= 0.6 is 0 Å². The molecule has 142 valence electrons. The number of hydrogen-bond donors (Lipinski definition) is 1. The molecule has 0 spiro atoms. The topological polar surface area (TPSA) is 58.4 Å². The van der Waals surface area contributed by atoms with Crippen LogP contribution in [0.4, 0.5) is 5.69 Å². The Bertz CT molecular complexity index is 971. The minimum atomic E-state index is -0.153. The number of benzene rings is 1. The standard InChI is InChI=1S/C22H27N3O2/c1-6-25(7-2)13-21-18(10-11-27-21)22(26)24-17-8-9-20-19(12-17)15(4)14(3)16(5)23-20/h8-12H,6-7,13H2,1-5H3,(H,24,26). The van der Waals surface area contributed by atoms with Gasteiger partial charge < -0.3 is 9.73 Å². The molecule has 1 N–H and O–H groups in total. The number of aryl methyl sites for hydroxylation is 2. The maximum absolute atomic E-state index is 12.8. The highest BCUT2D eigenvalue weighted by molar-refractivity contribution is 6.05. The molecule has 0 aliphatic carbocycles. The Hall–Kier alpha value is -2.66. The molecule has 0 fully saturated rings. The van der Waals surface area contributed by atoms with E-state index in [1.165, 1.54) is 11.1 Å². The SMILES string of the molecule is CCN(CC)Cc1occc1C(=O)Nc1ccc2nc(C)c(C)c(C)c2c1. The van der Waals surface area contributed by atoms with Crippen LogP contribution in [0.1, 0.15) is 46.8 Å². The Morgan fingerprint density at radius 1 is 1.11 bits per heavy atom. The molecule has 2 aromatic heterocycles. The minimum Gasteiger partial charge on any atom is -0.467 e. The molecule has 0 aliphatic rings. The van der Waals surface area contributed by atoms with Gasteiger partial charge in [-0.3, -0.25) is 14.7 Å². The van der Waals surface area contributed by atoms with Gasteiger partial charge in [0.2, 0.25) is 0 Å². The van der Waals surface area contributed by atoms with E-state index in [9.17, 15) is 4.79 Å². The van der Waals surface area contributed by atoms with E-state index < -0.39 is 0 Å². The van der Waals surface area contributed by atoms with Gasteiger partial charge in [0, 0.05) is 16.8 Å². The van der Waals surface area contributed by atoms with E-state index in [2.05, 4.69) is 42.9 Å². The molecule has 2 heterocycles. The van der Waals surface area contributed by atoms with Gasteiger partial charge in [0.05, 0.1) is 23.9 Å². The van der Waals surface area contributed by atoms with Crippen LogP contribution in [-0.4, -0.2) is 28.9 Å². The van der Waals surface area contributed by atoms with E-state index in [0.717, 1.165) is 35.4 Å². The molecule has 1 amide bonds. The molecule has 1 aromatic carbocycles. The number of nitrogens with one attached hydrogen (secondary N) is 1. The van der Waals surface area contributed by atoms with Gasteiger partial charge >= 0.3 is 0 Å². The average molecular weight is 365 g/mol. The number of aromatic nitrogens is 1. The van der Waals surface area contributed by atoms with Crippen molar-refractivity contribution in [1.29, 1.82) is 0 Å². The second-order valence-corrected chi connectivity index (χ2v) is 6.85. The molecule has 5 heteroatoms. The van der Waals surface area contributed by atoms with Gasteiger partial charge in [0.15, 0.2) is 0 Å². The number of carbonyl (C=O) groups excluding carboxylic acids is 1. The van der Waals surface area contributed by atoms with Crippen LogP contribution < -0.4 is 5.32 Å². The highest BCUT2D eigenvalue weighted by Gasteiger charge is 2.17. The van der Waals surface area contributed by atoms with Gasteiger partial charge in [0.25, 0.3) is 5.91 Å². The van der Waals surface area contributed by atoms with Crippen LogP contribution in [0.25, 0.3) is 10.9 Å². The van der Waals surface area contributed by atoms with Crippen LogP contribution in [0.15, 0.2) is 34.9 Å². The number of furan rings is 1. The van der Waals surface area contributed by atoms with Crippen molar-refractivity contribution in [3.05, 3.63) is 58.7 Å². The van der Waals surface area contributed by atoms with Gasteiger partial charge in [-0.25, -0.2) is 0 Å². The lowest BCUT2D eigenvalue weighted by Crippen LogP contribution is -2.23. The van der Waals surface area contributed by atoms with E-state index in [0.29, 0.717) is 17.9 Å². The number of anilines is 1. The molecule has 0 saturated carbocycles. The van der Waals surface area contributed by atoms with E-state index in [1.807, 2.05) is 25.1 Å². The van der Waals surface area contributed by atoms with Gasteiger partial charge in [0.1, 0.15) is 5.76 Å². The molecule has 27 heavy (non-hydrogen) atoms. The zero-order chi connectivity index (χ0) is 19.6. The summed E-state index contributed by atoms with van der Waals surface area (Å²) in [6.07, 6.45) is 1.58. The minimum absolute atomic E-state index is 0.153. The lowest BCUT2D eigenvalue weighted by Gasteiger charge is -2.17. The number of hydrogen-bond acceptors (Lipinski definition) is 4. The van der Waals surface area contributed by atoms with Gasteiger partial charge in [-0.05, 0) is 69.3 Å². The molecule has 0 saturated heterocycles. The fraction of sp³-hybridized carbons (Fsp3) is 0.364. The first-order valence-corrected chi connectivity index (χ1v) is 9.42. The van der Waals surface area contributed by atoms with Crippen LogP contribution in [0.3, 0.4) is 0 Å². The number of pyridine rings is 1. The fourth-order valence-electron chi connectivity index (χ4n) is 3.26. The number of carbonyl (C=O) groups is 1. The van der Waals surface area contributed by atoms with Gasteiger partial charge in [-0.2, -0.15) is 0 Å². The van der Waals surface area contributed by atoms with Gasteiger partial charge in [-0.1, -0.05) is 13.8 Å². The second kappa shape index (κ2) is 7.92. The highest BCUT2D eigenvalue weighted by atomic mass is 16.3. The smallest absolute Gasteiger partial charge is 0.259 e. The third kappa shape index (κ3) is 3.88. The van der Waals surface area contributed by atoms with Crippen LogP contribution in [-0.2, 0) is 6.54 Å². The first-order chi connectivity index (χ1) is 12.9. The largest absolute Gasteiger partial charge is 0.467 e. The molecular formula is C22H27N3O2. The van der Waals surface area contributed by atoms with Crippen molar-refractivity contribution in [3.8, 4) is 0 Å². The van der Waals surface area contributed by atoms with E-state index in [1.54, 1.807) is 12.3 Å². The lowest BCUT2D eigenvalue weighted by atomic mass is 10.0. The van der Waals surface area contributed by atoms with Crippen molar-refractivity contribution in [2.75, 3.05) is 18.4 Å². The zero-order valence-electron chi connectivity index (χ0n) is 16.7. The fourth-order valence-corrected chi connectivity index (χ4v) is 3.26. The predicted molar refractivity (Wildman–Crippen MR) is 109 cm³/mol. The molecule has 0 bridgehead atoms. The van der Waals surface area contributed by atoms with Crippen LogP contribution in [0.5, 0.6) is 0 Å². The van der Waals surface area contributed by atoms with Crippen molar-refractivity contribution < 1.29 is 9.21 Å². The molecule has 0 unspecified atom stereocenters. The second-order valence-electron chi connectivity index (χ2n) is 6.85. The Balaban J connectivity index is 1.86. The molecule has 0 aliphatic heterocycles. The first-order valence-electron chi connectivity index (χ1n) is 9.42. The summed E-state index contributed by atoms with van der Waals surface area (Å²) in [6, 6.07) is 7.57. The average Bonchev–Trinajstić information content (AvgIpc) is 3.13. The first kappa shape index (κ1) is 19.1. The van der Waals surface area contributed by atoms with Crippen molar-refractivity contribution in [1.82, 2.24) is 9.88 Å².